The van der Waals surface area contributed by atoms with Crippen LogP contribution >= 0.6 is 0 Å². The standard InChI is InChI=1S/C27H23NO2/c29-17-22-15-25(28(30-22)16-18-5-2-1-3-6-18)23-13-11-21-10-9-19-7-4-8-20-12-14-24(23)27(21)26(19)20/h1-14,22,25,29H,15-17H2/t22-,25+/m0/s1. The van der Waals surface area contributed by atoms with Crippen LogP contribution in [-0.2, 0) is 11.4 Å². The third-order valence-electron chi connectivity index (χ3n) is 6.42. The number of aliphatic hydroxyl groups is 1. The Morgan fingerprint density at radius 3 is 2.23 bits per heavy atom. The summed E-state index contributed by atoms with van der Waals surface area (Å²) in [4.78, 5) is 6.16. The van der Waals surface area contributed by atoms with Crippen LogP contribution in [0.4, 0.5) is 0 Å². The van der Waals surface area contributed by atoms with Crippen molar-refractivity contribution in [2.24, 2.45) is 0 Å². The fourth-order valence-electron chi connectivity index (χ4n) is 5.02. The van der Waals surface area contributed by atoms with E-state index in [-0.39, 0.29) is 18.8 Å². The molecule has 2 atom stereocenters. The first-order valence-corrected chi connectivity index (χ1v) is 10.6. The van der Waals surface area contributed by atoms with Gasteiger partial charge < -0.3 is 5.11 Å². The third-order valence-corrected chi connectivity index (χ3v) is 6.42. The molecule has 1 saturated heterocycles. The molecule has 0 amide bonds. The van der Waals surface area contributed by atoms with E-state index in [0.717, 1.165) is 6.42 Å². The third kappa shape index (κ3) is 2.78. The Morgan fingerprint density at radius 1 is 0.767 bits per heavy atom. The van der Waals surface area contributed by atoms with Crippen LogP contribution in [0.2, 0.25) is 0 Å². The van der Waals surface area contributed by atoms with Gasteiger partial charge in [-0.15, -0.1) is 0 Å². The van der Waals surface area contributed by atoms with Gasteiger partial charge in [-0.25, -0.2) is 0 Å². The van der Waals surface area contributed by atoms with Crippen molar-refractivity contribution in [1.82, 2.24) is 5.06 Å². The van der Waals surface area contributed by atoms with Crippen LogP contribution in [0.1, 0.15) is 23.6 Å². The van der Waals surface area contributed by atoms with E-state index in [1.54, 1.807) is 0 Å². The van der Waals surface area contributed by atoms with Crippen molar-refractivity contribution in [3.8, 4) is 0 Å². The molecule has 0 bridgehead atoms. The average molecular weight is 393 g/mol. The summed E-state index contributed by atoms with van der Waals surface area (Å²) in [5, 5.41) is 19.6. The Balaban J connectivity index is 1.52. The molecular weight excluding hydrogens is 370 g/mol. The van der Waals surface area contributed by atoms with Crippen LogP contribution < -0.4 is 0 Å². The molecule has 1 aliphatic heterocycles. The van der Waals surface area contributed by atoms with E-state index in [9.17, 15) is 5.11 Å². The quantitative estimate of drug-likeness (QED) is 0.390. The zero-order chi connectivity index (χ0) is 20.1. The minimum Gasteiger partial charge on any atom is -0.394 e. The van der Waals surface area contributed by atoms with Gasteiger partial charge in [-0.2, -0.15) is 5.06 Å². The summed E-state index contributed by atoms with van der Waals surface area (Å²) in [6.45, 7) is 0.734. The first-order valence-electron chi connectivity index (χ1n) is 10.6. The van der Waals surface area contributed by atoms with E-state index >= 15 is 0 Å². The lowest BCUT2D eigenvalue weighted by molar-refractivity contribution is -0.178. The molecule has 1 fully saturated rings. The van der Waals surface area contributed by atoms with Gasteiger partial charge >= 0.3 is 0 Å². The lowest BCUT2D eigenvalue weighted by Gasteiger charge is -2.25. The molecule has 3 heteroatoms. The van der Waals surface area contributed by atoms with Crippen molar-refractivity contribution < 1.29 is 9.94 Å². The van der Waals surface area contributed by atoms with Crippen molar-refractivity contribution in [1.29, 1.82) is 0 Å². The van der Waals surface area contributed by atoms with E-state index in [2.05, 4.69) is 83.9 Å². The van der Waals surface area contributed by atoms with Crippen LogP contribution in [0.5, 0.6) is 0 Å². The largest absolute Gasteiger partial charge is 0.394 e. The van der Waals surface area contributed by atoms with E-state index in [1.807, 2.05) is 6.07 Å². The summed E-state index contributed by atoms with van der Waals surface area (Å²) in [6.07, 6.45) is 0.616. The second-order valence-electron chi connectivity index (χ2n) is 8.23. The fourth-order valence-corrected chi connectivity index (χ4v) is 5.02. The van der Waals surface area contributed by atoms with Crippen molar-refractivity contribution in [2.45, 2.75) is 25.1 Å². The molecule has 1 aliphatic rings. The van der Waals surface area contributed by atoms with Crippen molar-refractivity contribution in [3.63, 3.8) is 0 Å². The van der Waals surface area contributed by atoms with Gasteiger partial charge in [-0.3, -0.25) is 4.84 Å². The molecule has 0 aliphatic carbocycles. The predicted octanol–water partition coefficient (Wildman–Crippen LogP) is 5.82. The smallest absolute Gasteiger partial charge is 0.104 e. The number of nitrogens with zero attached hydrogens (tertiary/aromatic N) is 1. The van der Waals surface area contributed by atoms with Gasteiger partial charge in [-0.05, 0) is 49.9 Å². The molecule has 1 heterocycles. The Labute approximate surface area is 175 Å². The number of hydrogen-bond donors (Lipinski definition) is 1. The van der Waals surface area contributed by atoms with Gasteiger partial charge in [0.1, 0.15) is 6.10 Å². The molecule has 0 saturated carbocycles. The van der Waals surface area contributed by atoms with Gasteiger partial charge in [0.15, 0.2) is 0 Å². The predicted molar refractivity (Wildman–Crippen MR) is 121 cm³/mol. The van der Waals surface area contributed by atoms with Crippen LogP contribution in [0.3, 0.4) is 0 Å². The molecule has 30 heavy (non-hydrogen) atoms. The highest BCUT2D eigenvalue weighted by Crippen LogP contribution is 2.42. The van der Waals surface area contributed by atoms with Crippen LogP contribution in [0.25, 0.3) is 32.3 Å². The molecule has 148 valence electrons. The minimum absolute atomic E-state index is 0.0353. The topological polar surface area (TPSA) is 32.7 Å². The van der Waals surface area contributed by atoms with Crippen molar-refractivity contribution in [3.05, 3.63) is 96.1 Å². The van der Waals surface area contributed by atoms with Gasteiger partial charge in [0.2, 0.25) is 0 Å². The van der Waals surface area contributed by atoms with E-state index < -0.39 is 0 Å². The molecule has 0 aromatic heterocycles. The number of hydroxylamine groups is 2. The molecule has 3 nitrogen and oxygen atoms in total. The highest BCUT2D eigenvalue weighted by molar-refractivity contribution is 6.23. The normalized spacial score (nSPS) is 20.0. The summed E-state index contributed by atoms with van der Waals surface area (Å²) < 4.78 is 0. The summed E-state index contributed by atoms with van der Waals surface area (Å²) in [7, 11) is 0. The second kappa shape index (κ2) is 7.06. The van der Waals surface area contributed by atoms with Gasteiger partial charge in [0.25, 0.3) is 0 Å². The number of hydrogen-bond acceptors (Lipinski definition) is 3. The zero-order valence-electron chi connectivity index (χ0n) is 16.7. The van der Waals surface area contributed by atoms with Gasteiger partial charge in [0, 0.05) is 6.54 Å². The lowest BCUT2D eigenvalue weighted by Crippen LogP contribution is -2.23. The molecule has 5 aromatic rings. The van der Waals surface area contributed by atoms with Crippen molar-refractivity contribution >= 4 is 32.3 Å². The Kier molecular flexibility index (Phi) is 4.20. The Bertz CT molecular complexity index is 1320. The maximum absolute atomic E-state index is 9.80. The molecule has 0 spiro atoms. The number of aliphatic hydroxyl groups excluding tert-OH is 1. The molecule has 6 rings (SSSR count). The number of benzene rings is 5. The average Bonchev–Trinajstić information content (AvgIpc) is 3.20. The lowest BCUT2D eigenvalue weighted by atomic mass is 9.89. The summed E-state index contributed by atoms with van der Waals surface area (Å²) in [5.41, 5.74) is 2.48. The molecule has 0 unspecified atom stereocenters. The second-order valence-corrected chi connectivity index (χ2v) is 8.23. The highest BCUT2D eigenvalue weighted by Gasteiger charge is 2.35. The zero-order valence-corrected chi connectivity index (χ0v) is 16.7. The Morgan fingerprint density at radius 2 is 1.47 bits per heavy atom. The fraction of sp³-hybridized carbons (Fsp3) is 0.185. The summed E-state index contributed by atoms with van der Waals surface area (Å²) in [6, 6.07) is 30.4. The molecular formula is C27H23NO2. The highest BCUT2D eigenvalue weighted by atomic mass is 16.7. The molecule has 5 aromatic carbocycles. The van der Waals surface area contributed by atoms with E-state index in [1.165, 1.54) is 43.4 Å². The van der Waals surface area contributed by atoms with Crippen molar-refractivity contribution in [2.75, 3.05) is 6.61 Å². The van der Waals surface area contributed by atoms with Crippen LogP contribution in [-0.4, -0.2) is 22.9 Å². The molecule has 1 N–H and O–H groups in total. The molecule has 0 radical (unpaired) electrons. The first-order chi connectivity index (χ1) is 14.8. The monoisotopic (exact) mass is 393 g/mol. The maximum Gasteiger partial charge on any atom is 0.104 e. The summed E-state index contributed by atoms with van der Waals surface area (Å²) >= 11 is 0. The Hall–Kier alpha value is -2.98. The van der Waals surface area contributed by atoms with Crippen LogP contribution in [0, 0.1) is 0 Å². The summed E-state index contributed by atoms with van der Waals surface area (Å²) in [5.74, 6) is 0. The van der Waals surface area contributed by atoms with E-state index in [0.29, 0.717) is 6.54 Å². The van der Waals surface area contributed by atoms with Crippen LogP contribution in [0.15, 0.2) is 84.9 Å². The maximum atomic E-state index is 9.80. The minimum atomic E-state index is -0.169. The SMILES string of the molecule is OC[C@@H]1C[C@H](c2ccc3ccc4cccc5ccc2c3c45)N(Cc2ccccc2)O1. The van der Waals surface area contributed by atoms with E-state index in [4.69, 9.17) is 4.84 Å². The van der Waals surface area contributed by atoms with Gasteiger partial charge in [0.05, 0.1) is 12.6 Å². The number of rotatable bonds is 4. The van der Waals surface area contributed by atoms with Gasteiger partial charge in [-0.1, -0.05) is 84.9 Å². The first kappa shape index (κ1) is 17.8.